The van der Waals surface area contributed by atoms with Crippen LogP contribution in [0, 0.1) is 15.9 Å². The summed E-state index contributed by atoms with van der Waals surface area (Å²) in [4.78, 5) is 22.8. The van der Waals surface area contributed by atoms with Crippen molar-refractivity contribution in [2.75, 3.05) is 11.4 Å². The van der Waals surface area contributed by atoms with Crippen LogP contribution in [-0.4, -0.2) is 22.6 Å². The van der Waals surface area contributed by atoms with Gasteiger partial charge in [-0.05, 0) is 6.07 Å². The molecule has 0 spiro atoms. The van der Waals surface area contributed by atoms with E-state index < -0.39 is 10.7 Å². The number of hydrogen-bond donors (Lipinski definition) is 1. The molecule has 1 aromatic carbocycles. The third kappa shape index (κ3) is 2.38. The van der Waals surface area contributed by atoms with Crippen LogP contribution in [0.25, 0.3) is 0 Å². The van der Waals surface area contributed by atoms with Gasteiger partial charge >= 0.3 is 0 Å². The third-order valence-electron chi connectivity index (χ3n) is 2.49. The lowest BCUT2D eigenvalue weighted by Gasteiger charge is -2.15. The molecule has 0 aliphatic carbocycles. The molecule has 1 aliphatic rings. The first kappa shape index (κ1) is 11.8. The predicted octanol–water partition coefficient (Wildman–Crippen LogP) is 1.77. The summed E-state index contributed by atoms with van der Waals surface area (Å²) in [7, 11) is 0. The van der Waals surface area contributed by atoms with E-state index >= 15 is 0 Å². The first-order valence-corrected chi connectivity index (χ1v) is 5.42. The van der Waals surface area contributed by atoms with Crippen molar-refractivity contribution >= 4 is 29.9 Å². The van der Waals surface area contributed by atoms with Crippen molar-refractivity contribution in [2.45, 2.75) is 11.7 Å². The maximum Gasteiger partial charge on any atom is 0.274 e. The van der Waals surface area contributed by atoms with Gasteiger partial charge in [0.25, 0.3) is 5.69 Å². The second kappa shape index (κ2) is 4.33. The Morgan fingerprint density at radius 1 is 1.47 bits per heavy atom. The zero-order chi connectivity index (χ0) is 12.6. The molecule has 1 unspecified atom stereocenters. The average Bonchev–Trinajstić information content (AvgIpc) is 2.57. The summed E-state index contributed by atoms with van der Waals surface area (Å²) in [6.45, 7) is 0.336. The van der Waals surface area contributed by atoms with Gasteiger partial charge in [0.15, 0.2) is 0 Å². The number of rotatable bonds is 2. The molecule has 17 heavy (non-hydrogen) atoms. The van der Waals surface area contributed by atoms with Crippen LogP contribution < -0.4 is 4.90 Å². The Hall–Kier alpha value is -1.63. The lowest BCUT2D eigenvalue weighted by Crippen LogP contribution is -2.24. The molecule has 0 bridgehead atoms. The topological polar surface area (TPSA) is 63.5 Å². The molecule has 1 heterocycles. The van der Waals surface area contributed by atoms with Crippen LogP contribution in [0.4, 0.5) is 15.8 Å². The van der Waals surface area contributed by atoms with Gasteiger partial charge in [-0.1, -0.05) is 0 Å². The van der Waals surface area contributed by atoms with Crippen molar-refractivity contribution in [3.63, 3.8) is 0 Å². The third-order valence-corrected chi connectivity index (χ3v) is 2.84. The van der Waals surface area contributed by atoms with E-state index in [0.29, 0.717) is 6.54 Å². The monoisotopic (exact) mass is 256 g/mol. The van der Waals surface area contributed by atoms with Crippen LogP contribution in [-0.2, 0) is 4.79 Å². The Kier molecular flexibility index (Phi) is 3.01. The highest BCUT2D eigenvalue weighted by atomic mass is 32.1. The number of benzene rings is 1. The number of nitrogens with zero attached hydrogens (tertiary/aromatic N) is 2. The molecule has 7 heteroatoms. The van der Waals surface area contributed by atoms with Crippen molar-refractivity contribution in [3.05, 3.63) is 34.1 Å². The van der Waals surface area contributed by atoms with Gasteiger partial charge in [0.05, 0.1) is 16.7 Å². The van der Waals surface area contributed by atoms with Gasteiger partial charge in [0.1, 0.15) is 5.82 Å². The van der Waals surface area contributed by atoms with E-state index in [2.05, 4.69) is 12.6 Å². The summed E-state index contributed by atoms with van der Waals surface area (Å²) < 4.78 is 13.2. The second-order valence-electron chi connectivity index (χ2n) is 3.79. The fraction of sp³-hybridized carbons (Fsp3) is 0.300. The number of anilines is 1. The van der Waals surface area contributed by atoms with Gasteiger partial charge in [-0.2, -0.15) is 12.6 Å². The number of thiol groups is 1. The number of non-ortho nitro benzene ring substituents is 1. The number of nitro benzene ring substituents is 1. The number of hydrogen-bond acceptors (Lipinski definition) is 4. The van der Waals surface area contributed by atoms with E-state index in [1.54, 1.807) is 0 Å². The quantitative estimate of drug-likeness (QED) is 0.498. The fourth-order valence-corrected chi connectivity index (χ4v) is 2.08. The van der Waals surface area contributed by atoms with Crippen LogP contribution in [0.1, 0.15) is 6.42 Å². The van der Waals surface area contributed by atoms with Gasteiger partial charge in [-0.25, -0.2) is 4.39 Å². The maximum absolute atomic E-state index is 13.2. The predicted molar refractivity (Wildman–Crippen MR) is 62.8 cm³/mol. The smallest absolute Gasteiger partial charge is 0.274 e. The Balaban J connectivity index is 2.39. The first-order chi connectivity index (χ1) is 7.97. The van der Waals surface area contributed by atoms with Gasteiger partial charge in [-0.3, -0.25) is 14.9 Å². The minimum absolute atomic E-state index is 0.121. The number of carbonyl (C=O) groups is 1. The molecule has 5 nitrogen and oxygen atoms in total. The van der Waals surface area contributed by atoms with E-state index in [1.165, 1.54) is 11.0 Å². The SMILES string of the molecule is O=C1CC(S)CN1c1cc(F)cc([N+](=O)[O-])c1. The molecule has 0 saturated carbocycles. The van der Waals surface area contributed by atoms with Crippen LogP contribution in [0.15, 0.2) is 18.2 Å². The Bertz CT molecular complexity index is 494. The highest BCUT2D eigenvalue weighted by Crippen LogP contribution is 2.28. The molecule has 90 valence electrons. The van der Waals surface area contributed by atoms with Gasteiger partial charge in [0.2, 0.25) is 5.91 Å². The summed E-state index contributed by atoms with van der Waals surface area (Å²) in [5.41, 5.74) is -0.159. The molecule has 1 atom stereocenters. The summed E-state index contributed by atoms with van der Waals surface area (Å²) in [5, 5.41) is 10.5. The van der Waals surface area contributed by atoms with Crippen LogP contribution in [0.3, 0.4) is 0 Å². The van der Waals surface area contributed by atoms with Gasteiger partial charge < -0.3 is 4.90 Å². The Morgan fingerprint density at radius 3 is 2.71 bits per heavy atom. The molecule has 1 amide bonds. The Labute approximate surface area is 102 Å². The lowest BCUT2D eigenvalue weighted by molar-refractivity contribution is -0.385. The standard InChI is InChI=1S/C10H9FN2O3S/c11-6-1-7(3-8(2-6)13(15)16)12-5-9(17)4-10(12)14/h1-3,9,17H,4-5H2. The average molecular weight is 256 g/mol. The normalized spacial score (nSPS) is 19.8. The fourth-order valence-electron chi connectivity index (χ4n) is 1.76. The summed E-state index contributed by atoms with van der Waals surface area (Å²) in [6.07, 6.45) is 0.257. The number of halogens is 1. The summed E-state index contributed by atoms with van der Waals surface area (Å²) in [5.74, 6) is -0.936. The molecule has 0 aromatic heterocycles. The summed E-state index contributed by atoms with van der Waals surface area (Å²) >= 11 is 4.16. The van der Waals surface area contributed by atoms with E-state index in [9.17, 15) is 19.3 Å². The minimum Gasteiger partial charge on any atom is -0.311 e. The molecule has 1 saturated heterocycles. The molecular formula is C10H9FN2O3S. The van der Waals surface area contributed by atoms with Crippen molar-refractivity contribution in [1.82, 2.24) is 0 Å². The number of amides is 1. The number of nitro groups is 1. The van der Waals surface area contributed by atoms with Gasteiger partial charge in [-0.15, -0.1) is 0 Å². The van der Waals surface area contributed by atoms with Crippen molar-refractivity contribution in [1.29, 1.82) is 0 Å². The van der Waals surface area contributed by atoms with Crippen LogP contribution >= 0.6 is 12.6 Å². The molecule has 0 N–H and O–H groups in total. The van der Waals surface area contributed by atoms with Crippen molar-refractivity contribution < 1.29 is 14.1 Å². The highest BCUT2D eigenvalue weighted by Gasteiger charge is 2.29. The van der Waals surface area contributed by atoms with Gasteiger partial charge in [0, 0.05) is 24.3 Å². The van der Waals surface area contributed by atoms with Crippen LogP contribution in [0.5, 0.6) is 0 Å². The molecule has 1 fully saturated rings. The van der Waals surface area contributed by atoms with E-state index in [1.807, 2.05) is 0 Å². The number of carbonyl (C=O) groups excluding carboxylic acids is 1. The van der Waals surface area contributed by atoms with Crippen LogP contribution in [0.2, 0.25) is 0 Å². The Morgan fingerprint density at radius 2 is 2.18 bits per heavy atom. The molecule has 1 aliphatic heterocycles. The zero-order valence-electron chi connectivity index (χ0n) is 8.67. The van der Waals surface area contributed by atoms with E-state index in [0.717, 1.165) is 12.1 Å². The van der Waals surface area contributed by atoms with E-state index in [4.69, 9.17) is 0 Å². The maximum atomic E-state index is 13.2. The molecule has 0 radical (unpaired) electrons. The van der Waals surface area contributed by atoms with Crippen molar-refractivity contribution in [2.24, 2.45) is 0 Å². The molecule has 1 aromatic rings. The summed E-state index contributed by atoms with van der Waals surface area (Å²) in [6, 6.07) is 3.12. The largest absolute Gasteiger partial charge is 0.311 e. The highest BCUT2D eigenvalue weighted by molar-refractivity contribution is 7.81. The first-order valence-electron chi connectivity index (χ1n) is 4.91. The minimum atomic E-state index is -0.732. The molecular weight excluding hydrogens is 247 g/mol. The lowest BCUT2D eigenvalue weighted by atomic mass is 10.2. The van der Waals surface area contributed by atoms with Crippen molar-refractivity contribution in [3.8, 4) is 0 Å². The zero-order valence-corrected chi connectivity index (χ0v) is 9.56. The van der Waals surface area contributed by atoms with E-state index in [-0.39, 0.29) is 29.0 Å². The molecule has 2 rings (SSSR count). The second-order valence-corrected chi connectivity index (χ2v) is 4.52.